The molecule has 0 saturated heterocycles. The Morgan fingerprint density at radius 2 is 0.619 bits per heavy atom. The lowest BCUT2D eigenvalue weighted by molar-refractivity contribution is 1.21. The molecule has 0 aromatic heterocycles. The number of rotatable bonds is 9. The summed E-state index contributed by atoms with van der Waals surface area (Å²) in [7, 11) is 0. The molecule has 0 atom stereocenters. The van der Waals surface area contributed by atoms with E-state index < -0.39 is 0 Å². The molecule has 4 aromatic carbocycles. The van der Waals surface area contributed by atoms with E-state index in [-0.39, 0.29) is 0 Å². The quantitative estimate of drug-likeness (QED) is 0.177. The van der Waals surface area contributed by atoms with Crippen molar-refractivity contribution in [1.82, 2.24) is 0 Å². The molecule has 9 heteroatoms. The van der Waals surface area contributed by atoms with Gasteiger partial charge in [0.05, 0.1) is 33.4 Å². The van der Waals surface area contributed by atoms with Crippen LogP contribution in [0.1, 0.15) is 50.1 Å². The van der Waals surface area contributed by atoms with E-state index >= 15 is 0 Å². The zero-order valence-electron chi connectivity index (χ0n) is 22.0. The first-order valence-corrected chi connectivity index (χ1v) is 15.3. The Hall–Kier alpha value is -5.13. The topological polar surface area (TPSA) is 143 Å². The Balaban J connectivity index is 1.57. The van der Waals surface area contributed by atoms with Crippen LogP contribution in [0, 0.1) is 68.0 Å². The number of nitriles is 6. The van der Waals surface area contributed by atoms with Gasteiger partial charge in [-0.25, -0.2) is 0 Å². The first-order chi connectivity index (χ1) is 20.5. The summed E-state index contributed by atoms with van der Waals surface area (Å²) in [5.41, 5.74) is 4.94. The van der Waals surface area contributed by atoms with Gasteiger partial charge in [-0.1, -0.05) is 18.2 Å². The maximum absolute atomic E-state index is 9.38. The van der Waals surface area contributed by atoms with Crippen molar-refractivity contribution in [3.8, 4) is 36.4 Å². The van der Waals surface area contributed by atoms with E-state index in [1.54, 1.807) is 71.7 Å². The second-order valence-electron chi connectivity index (χ2n) is 8.82. The van der Waals surface area contributed by atoms with Gasteiger partial charge in [0, 0.05) is 31.9 Å². The van der Waals surface area contributed by atoms with Gasteiger partial charge in [0.15, 0.2) is 0 Å². The fourth-order valence-corrected chi connectivity index (χ4v) is 6.93. The molecule has 0 radical (unpaired) electrons. The van der Waals surface area contributed by atoms with Crippen molar-refractivity contribution in [2.75, 3.05) is 0 Å². The largest absolute Gasteiger partial charge is 0.192 e. The lowest BCUT2D eigenvalue weighted by Crippen LogP contribution is -1.90. The Bertz CT molecular complexity index is 1690. The first-order valence-electron chi connectivity index (χ1n) is 12.3. The maximum Gasteiger partial charge on any atom is 0.101 e. The Morgan fingerprint density at radius 3 is 0.857 bits per heavy atom. The second kappa shape index (κ2) is 14.5. The summed E-state index contributed by atoms with van der Waals surface area (Å²) in [5.74, 6) is 1.84. The van der Waals surface area contributed by atoms with Gasteiger partial charge in [0.25, 0.3) is 0 Å². The smallest absolute Gasteiger partial charge is 0.101 e. The highest BCUT2D eigenvalue weighted by atomic mass is 32.2. The van der Waals surface area contributed by atoms with E-state index in [1.165, 1.54) is 0 Å². The molecule has 4 aromatic rings. The average Bonchev–Trinajstić information content (AvgIpc) is 3.04. The third-order valence-electron chi connectivity index (χ3n) is 6.04. The van der Waals surface area contributed by atoms with Crippen molar-refractivity contribution in [3.05, 3.63) is 123 Å². The van der Waals surface area contributed by atoms with E-state index in [2.05, 4.69) is 36.4 Å². The van der Waals surface area contributed by atoms with Crippen molar-refractivity contribution in [2.45, 2.75) is 31.9 Å². The van der Waals surface area contributed by atoms with E-state index in [9.17, 15) is 31.6 Å². The summed E-state index contributed by atoms with van der Waals surface area (Å²) in [6, 6.07) is 34.5. The van der Waals surface area contributed by atoms with Crippen molar-refractivity contribution >= 4 is 35.3 Å². The lowest BCUT2D eigenvalue weighted by Gasteiger charge is -2.11. The Morgan fingerprint density at radius 1 is 0.357 bits per heavy atom. The highest BCUT2D eigenvalue weighted by Crippen LogP contribution is 2.36. The second-order valence-corrected chi connectivity index (χ2v) is 12.0. The third-order valence-corrected chi connectivity index (χ3v) is 9.18. The average molecular weight is 595 g/mol. The molecular formula is C33H18N6S3. The van der Waals surface area contributed by atoms with Gasteiger partial charge in [-0.3, -0.25) is 0 Å². The van der Waals surface area contributed by atoms with Crippen LogP contribution in [0.4, 0.5) is 0 Å². The predicted octanol–water partition coefficient (Wildman–Crippen LogP) is 7.79. The van der Waals surface area contributed by atoms with Crippen LogP contribution >= 0.6 is 35.3 Å². The number of thioether (sulfide) groups is 3. The van der Waals surface area contributed by atoms with Gasteiger partial charge < -0.3 is 0 Å². The van der Waals surface area contributed by atoms with E-state index in [0.717, 1.165) is 31.4 Å². The molecule has 0 unspecified atom stereocenters. The van der Waals surface area contributed by atoms with Crippen LogP contribution in [0.2, 0.25) is 0 Å². The molecule has 198 valence electrons. The minimum absolute atomic E-state index is 0.355. The van der Waals surface area contributed by atoms with Gasteiger partial charge in [0.1, 0.15) is 36.4 Å². The van der Waals surface area contributed by atoms with Gasteiger partial charge >= 0.3 is 0 Å². The zero-order valence-corrected chi connectivity index (χ0v) is 24.4. The molecule has 0 N–H and O–H groups in total. The lowest BCUT2D eigenvalue weighted by atomic mass is 10.1. The van der Waals surface area contributed by atoms with Crippen molar-refractivity contribution in [1.29, 1.82) is 31.6 Å². The summed E-state index contributed by atoms with van der Waals surface area (Å²) < 4.78 is 0. The number of hydrogen-bond acceptors (Lipinski definition) is 9. The maximum atomic E-state index is 9.38. The summed E-state index contributed by atoms with van der Waals surface area (Å²) in [4.78, 5) is 3.08. The molecule has 0 saturated carbocycles. The van der Waals surface area contributed by atoms with Crippen LogP contribution in [0.3, 0.4) is 0 Å². The fraction of sp³-hybridized carbons (Fsp3) is 0.0909. The highest BCUT2D eigenvalue weighted by Gasteiger charge is 2.10. The molecule has 0 aliphatic rings. The third kappa shape index (κ3) is 7.53. The van der Waals surface area contributed by atoms with Crippen LogP contribution in [-0.4, -0.2) is 0 Å². The molecule has 0 heterocycles. The normalized spacial score (nSPS) is 9.86. The highest BCUT2D eigenvalue weighted by molar-refractivity contribution is 8.00. The van der Waals surface area contributed by atoms with E-state index in [4.69, 9.17) is 0 Å². The summed E-state index contributed by atoms with van der Waals surface area (Å²) >= 11 is 4.87. The minimum Gasteiger partial charge on any atom is -0.192 e. The molecule has 0 aliphatic heterocycles. The first kappa shape index (κ1) is 29.8. The van der Waals surface area contributed by atoms with Gasteiger partial charge in [0.2, 0.25) is 0 Å². The summed E-state index contributed by atoms with van der Waals surface area (Å²) in [6.07, 6.45) is 0. The van der Waals surface area contributed by atoms with Crippen molar-refractivity contribution in [2.24, 2.45) is 0 Å². The predicted molar refractivity (Wildman–Crippen MR) is 163 cm³/mol. The number of nitrogens with zero attached hydrogens (tertiary/aromatic N) is 6. The fourth-order valence-electron chi connectivity index (χ4n) is 3.91. The van der Waals surface area contributed by atoms with Gasteiger partial charge in [-0.05, 0) is 71.3 Å². The molecule has 6 nitrogen and oxygen atoms in total. The Labute approximate surface area is 257 Å². The summed E-state index contributed by atoms with van der Waals surface area (Å²) in [5, 5.41) is 55.8. The molecule has 0 spiro atoms. The summed E-state index contributed by atoms with van der Waals surface area (Å²) in [6.45, 7) is 0. The molecule has 0 bridgehead atoms. The zero-order chi connectivity index (χ0) is 29.9. The minimum atomic E-state index is 0.355. The molecule has 0 fully saturated rings. The van der Waals surface area contributed by atoms with Gasteiger partial charge in [-0.2, -0.15) is 31.6 Å². The standard InChI is InChI=1S/C33H18N6S3/c34-13-25-4-1-22(7-28(25)16-37)19-40-31-10-32(41-20-23-2-5-26(14-35)29(8-23)17-38)12-33(11-31)42-21-24-3-6-27(15-36)30(9-24)18-39/h1-12H,19-21H2. The molecule has 42 heavy (non-hydrogen) atoms. The van der Waals surface area contributed by atoms with Crippen LogP contribution in [0.15, 0.2) is 87.5 Å². The molecule has 0 aliphatic carbocycles. The van der Waals surface area contributed by atoms with E-state index in [0.29, 0.717) is 50.6 Å². The van der Waals surface area contributed by atoms with Crippen LogP contribution in [0.5, 0.6) is 0 Å². The SMILES string of the molecule is N#Cc1ccc(CSc2cc(SCc3ccc(C#N)c(C#N)c3)cc(SCc3ccc(C#N)c(C#N)c3)c2)cc1C#N. The monoisotopic (exact) mass is 594 g/mol. The van der Waals surface area contributed by atoms with Crippen molar-refractivity contribution in [3.63, 3.8) is 0 Å². The van der Waals surface area contributed by atoms with Gasteiger partial charge in [-0.15, -0.1) is 35.3 Å². The molecule has 4 rings (SSSR count). The molecular weight excluding hydrogens is 577 g/mol. The van der Waals surface area contributed by atoms with Crippen LogP contribution in [-0.2, 0) is 17.3 Å². The number of hydrogen-bond donors (Lipinski definition) is 0. The van der Waals surface area contributed by atoms with Crippen molar-refractivity contribution < 1.29 is 0 Å². The van der Waals surface area contributed by atoms with Crippen LogP contribution in [0.25, 0.3) is 0 Å². The Kier molecular flexibility index (Phi) is 10.3. The number of benzene rings is 4. The van der Waals surface area contributed by atoms with E-state index in [1.807, 2.05) is 36.4 Å². The molecule has 0 amide bonds. The van der Waals surface area contributed by atoms with Crippen LogP contribution < -0.4 is 0 Å².